The van der Waals surface area contributed by atoms with Gasteiger partial charge in [0.1, 0.15) is 11.7 Å². The first kappa shape index (κ1) is 20.8. The number of allylic oxidation sites excluding steroid dienone is 1. The maximum Gasteiger partial charge on any atom is 0.130 e. The molecule has 0 radical (unpaired) electrons. The first-order valence-electron chi connectivity index (χ1n) is 8.96. The number of aliphatic imine (C=N–C) groups is 1. The van der Waals surface area contributed by atoms with Gasteiger partial charge in [0.15, 0.2) is 0 Å². The standard InChI is InChI=1S/C21H28ClN5/c1-6-12-24-19(7-2)25-20-14-17(26-27(20)21(3,4)5)10-8-15-13-16(23)9-11-18(15)22/h6-7,9,11-14H,2,8,10,23H2,1,3-5H3,(H,24,25)/b12-6-. The molecule has 27 heavy (non-hydrogen) atoms. The molecule has 2 aromatic rings. The van der Waals surface area contributed by atoms with E-state index in [-0.39, 0.29) is 5.54 Å². The lowest BCUT2D eigenvalue weighted by molar-refractivity contribution is 0.359. The topological polar surface area (TPSA) is 68.2 Å². The minimum absolute atomic E-state index is 0.178. The van der Waals surface area contributed by atoms with Crippen LogP contribution >= 0.6 is 11.6 Å². The highest BCUT2D eigenvalue weighted by Gasteiger charge is 2.20. The van der Waals surface area contributed by atoms with Gasteiger partial charge in [0.05, 0.1) is 11.2 Å². The van der Waals surface area contributed by atoms with E-state index in [1.165, 1.54) is 0 Å². The van der Waals surface area contributed by atoms with E-state index < -0.39 is 0 Å². The monoisotopic (exact) mass is 385 g/mol. The second-order valence-corrected chi connectivity index (χ2v) is 7.69. The van der Waals surface area contributed by atoms with E-state index in [1.807, 2.05) is 41.9 Å². The van der Waals surface area contributed by atoms with E-state index in [1.54, 1.807) is 12.3 Å². The number of rotatable bonds is 6. The van der Waals surface area contributed by atoms with Gasteiger partial charge in [-0.2, -0.15) is 5.10 Å². The fourth-order valence-corrected chi connectivity index (χ4v) is 2.84. The Bertz CT molecular complexity index is 856. The fourth-order valence-electron chi connectivity index (χ4n) is 2.62. The number of hydrogen-bond acceptors (Lipinski definition) is 3. The van der Waals surface area contributed by atoms with Crippen LogP contribution < -0.4 is 11.1 Å². The van der Waals surface area contributed by atoms with Crippen molar-refractivity contribution < 1.29 is 0 Å². The Morgan fingerprint density at radius 3 is 2.70 bits per heavy atom. The average molecular weight is 386 g/mol. The molecule has 0 aliphatic carbocycles. The van der Waals surface area contributed by atoms with Crippen LogP contribution in [-0.4, -0.2) is 15.6 Å². The summed E-state index contributed by atoms with van der Waals surface area (Å²) in [7, 11) is 0. The maximum absolute atomic E-state index is 6.28. The molecule has 1 aromatic carbocycles. The normalized spacial score (nSPS) is 12.6. The number of nitrogens with one attached hydrogen (secondary N) is 1. The third-order valence-electron chi connectivity index (χ3n) is 3.93. The summed E-state index contributed by atoms with van der Waals surface area (Å²) in [6, 6.07) is 7.60. The smallest absolute Gasteiger partial charge is 0.130 e. The van der Waals surface area contributed by atoms with Crippen LogP contribution in [-0.2, 0) is 18.4 Å². The highest BCUT2D eigenvalue weighted by atomic mass is 35.5. The minimum atomic E-state index is -0.178. The van der Waals surface area contributed by atoms with Crippen molar-refractivity contribution in [2.45, 2.75) is 46.1 Å². The molecule has 144 valence electrons. The lowest BCUT2D eigenvalue weighted by atomic mass is 10.1. The SMILES string of the molecule is C=CC(=N/C=C\C)Nc1cc(CCc2cc(N)ccc2Cl)nn1C(C)(C)C. The number of nitrogens with zero attached hydrogens (tertiary/aromatic N) is 3. The Kier molecular flexibility index (Phi) is 6.86. The van der Waals surface area contributed by atoms with Gasteiger partial charge in [-0.3, -0.25) is 0 Å². The number of hydrogen-bond donors (Lipinski definition) is 2. The van der Waals surface area contributed by atoms with Crippen LogP contribution in [0.25, 0.3) is 0 Å². The molecule has 2 rings (SSSR count). The Morgan fingerprint density at radius 2 is 2.07 bits per heavy atom. The van der Waals surface area contributed by atoms with Crippen molar-refractivity contribution in [3.63, 3.8) is 0 Å². The molecule has 0 bridgehead atoms. The van der Waals surface area contributed by atoms with Gasteiger partial charge in [0, 0.05) is 23.0 Å². The third kappa shape index (κ3) is 5.73. The molecule has 0 atom stereocenters. The van der Waals surface area contributed by atoms with E-state index in [0.29, 0.717) is 11.5 Å². The molecule has 0 fully saturated rings. The molecule has 0 aliphatic rings. The molecule has 0 saturated heterocycles. The van der Waals surface area contributed by atoms with Crippen molar-refractivity contribution in [3.05, 3.63) is 65.5 Å². The molecular formula is C21H28ClN5. The van der Waals surface area contributed by atoms with E-state index >= 15 is 0 Å². The van der Waals surface area contributed by atoms with E-state index in [2.05, 4.69) is 37.7 Å². The molecule has 6 heteroatoms. The van der Waals surface area contributed by atoms with Crippen molar-refractivity contribution in [3.8, 4) is 0 Å². The van der Waals surface area contributed by atoms with Crippen LogP contribution in [0.15, 0.2) is 54.2 Å². The maximum atomic E-state index is 6.28. The molecule has 1 heterocycles. The predicted molar refractivity (Wildman–Crippen MR) is 117 cm³/mol. The first-order chi connectivity index (χ1) is 12.7. The Labute approximate surface area is 166 Å². The van der Waals surface area contributed by atoms with Crippen LogP contribution in [0.2, 0.25) is 5.02 Å². The van der Waals surface area contributed by atoms with Gasteiger partial charge in [-0.15, -0.1) is 0 Å². The summed E-state index contributed by atoms with van der Waals surface area (Å²) in [5.74, 6) is 1.54. The van der Waals surface area contributed by atoms with Gasteiger partial charge in [0.2, 0.25) is 0 Å². The highest BCUT2D eigenvalue weighted by molar-refractivity contribution is 6.31. The second-order valence-electron chi connectivity index (χ2n) is 7.28. The molecule has 0 aliphatic heterocycles. The number of aryl methyl sites for hydroxylation is 2. The first-order valence-corrected chi connectivity index (χ1v) is 9.34. The Morgan fingerprint density at radius 1 is 1.33 bits per heavy atom. The van der Waals surface area contributed by atoms with Crippen molar-refractivity contribution in [1.29, 1.82) is 0 Å². The van der Waals surface area contributed by atoms with Crippen LogP contribution in [0.3, 0.4) is 0 Å². The van der Waals surface area contributed by atoms with Gasteiger partial charge >= 0.3 is 0 Å². The molecule has 0 spiro atoms. The molecule has 3 N–H and O–H groups in total. The van der Waals surface area contributed by atoms with Crippen molar-refractivity contribution in [2.24, 2.45) is 4.99 Å². The number of halogens is 1. The number of amidine groups is 1. The average Bonchev–Trinajstić information content (AvgIpc) is 3.02. The van der Waals surface area contributed by atoms with Crippen LogP contribution in [0.1, 0.15) is 39.0 Å². The lowest BCUT2D eigenvalue weighted by Gasteiger charge is -2.22. The predicted octanol–water partition coefficient (Wildman–Crippen LogP) is 5.19. The summed E-state index contributed by atoms with van der Waals surface area (Å²) in [4.78, 5) is 4.34. The zero-order valence-electron chi connectivity index (χ0n) is 16.5. The van der Waals surface area contributed by atoms with Gasteiger partial charge in [0.25, 0.3) is 0 Å². The summed E-state index contributed by atoms with van der Waals surface area (Å²) >= 11 is 6.28. The lowest BCUT2D eigenvalue weighted by Crippen LogP contribution is -2.26. The zero-order valence-corrected chi connectivity index (χ0v) is 17.2. The molecule has 0 unspecified atom stereocenters. The third-order valence-corrected chi connectivity index (χ3v) is 4.30. The number of benzene rings is 1. The minimum Gasteiger partial charge on any atom is -0.399 e. The molecule has 0 amide bonds. The highest BCUT2D eigenvalue weighted by Crippen LogP contribution is 2.24. The largest absolute Gasteiger partial charge is 0.399 e. The van der Waals surface area contributed by atoms with E-state index in [0.717, 1.165) is 34.9 Å². The van der Waals surface area contributed by atoms with Crippen LogP contribution in [0.4, 0.5) is 11.5 Å². The van der Waals surface area contributed by atoms with E-state index in [4.69, 9.17) is 22.4 Å². The zero-order chi connectivity index (χ0) is 20.0. The van der Waals surface area contributed by atoms with Gasteiger partial charge in [-0.05, 0) is 70.4 Å². The summed E-state index contributed by atoms with van der Waals surface area (Å²) in [5, 5.41) is 8.83. The summed E-state index contributed by atoms with van der Waals surface area (Å²) in [5.41, 5.74) is 8.41. The molecule has 1 aromatic heterocycles. The summed E-state index contributed by atoms with van der Waals surface area (Å²) < 4.78 is 1.97. The second kappa shape index (κ2) is 8.91. The summed E-state index contributed by atoms with van der Waals surface area (Å²) in [6.45, 7) is 12.1. The number of nitrogen functional groups attached to an aromatic ring is 1. The number of anilines is 2. The molecule has 5 nitrogen and oxygen atoms in total. The van der Waals surface area contributed by atoms with E-state index in [9.17, 15) is 0 Å². The number of nitrogens with two attached hydrogens (primary N) is 1. The van der Waals surface area contributed by atoms with Crippen LogP contribution in [0.5, 0.6) is 0 Å². The van der Waals surface area contributed by atoms with Crippen molar-refractivity contribution in [2.75, 3.05) is 11.1 Å². The Balaban J connectivity index is 2.27. The van der Waals surface area contributed by atoms with Crippen molar-refractivity contribution >= 4 is 28.9 Å². The van der Waals surface area contributed by atoms with Crippen molar-refractivity contribution in [1.82, 2.24) is 9.78 Å². The van der Waals surface area contributed by atoms with Gasteiger partial charge in [-0.1, -0.05) is 24.3 Å². The van der Waals surface area contributed by atoms with Gasteiger partial charge in [-0.25, -0.2) is 9.67 Å². The van der Waals surface area contributed by atoms with Gasteiger partial charge < -0.3 is 11.1 Å². The summed E-state index contributed by atoms with van der Waals surface area (Å²) in [6.07, 6.45) is 6.81. The van der Waals surface area contributed by atoms with Crippen LogP contribution in [0, 0.1) is 0 Å². The molecule has 0 saturated carbocycles. The number of aromatic nitrogens is 2. The fraction of sp³-hybridized carbons (Fsp3) is 0.333. The molecular weight excluding hydrogens is 358 g/mol. The Hall–Kier alpha value is -2.53. The quantitative estimate of drug-likeness (QED) is 0.408.